The summed E-state index contributed by atoms with van der Waals surface area (Å²) < 4.78 is 5.31. The number of hydrogen-bond acceptors (Lipinski definition) is 3. The monoisotopic (exact) mass is 257 g/mol. The highest BCUT2D eigenvalue weighted by molar-refractivity contribution is 5.68. The van der Waals surface area contributed by atoms with Gasteiger partial charge < -0.3 is 14.7 Å². The van der Waals surface area contributed by atoms with Crippen molar-refractivity contribution in [3.8, 4) is 0 Å². The molecule has 1 rings (SSSR count). The van der Waals surface area contributed by atoms with E-state index in [9.17, 15) is 9.59 Å². The van der Waals surface area contributed by atoms with Crippen LogP contribution in [0.25, 0.3) is 0 Å². The number of nitrogens with zero attached hydrogens (tertiary/aromatic N) is 1. The summed E-state index contributed by atoms with van der Waals surface area (Å²) in [5.74, 6) is -0.339. The Morgan fingerprint density at radius 3 is 2.61 bits per heavy atom. The van der Waals surface area contributed by atoms with E-state index < -0.39 is 11.6 Å². The Kier molecular flexibility index (Phi) is 4.99. The molecule has 0 aromatic heterocycles. The Bertz CT molecular complexity index is 309. The van der Waals surface area contributed by atoms with Gasteiger partial charge in [0.25, 0.3) is 0 Å². The van der Waals surface area contributed by atoms with Gasteiger partial charge in [-0.25, -0.2) is 4.79 Å². The minimum Gasteiger partial charge on any atom is -0.481 e. The molecular weight excluding hydrogens is 234 g/mol. The molecule has 1 unspecified atom stereocenters. The van der Waals surface area contributed by atoms with E-state index in [1.54, 1.807) is 4.90 Å². The summed E-state index contributed by atoms with van der Waals surface area (Å²) in [7, 11) is 0. The molecule has 1 aliphatic rings. The number of amides is 1. The molecule has 1 aliphatic heterocycles. The first kappa shape index (κ1) is 14.8. The molecule has 0 bridgehead atoms. The first-order valence-corrected chi connectivity index (χ1v) is 6.47. The molecule has 0 aromatic rings. The van der Waals surface area contributed by atoms with Crippen molar-refractivity contribution >= 4 is 12.1 Å². The first-order chi connectivity index (χ1) is 8.28. The van der Waals surface area contributed by atoms with E-state index in [4.69, 9.17) is 9.84 Å². The molecule has 0 aromatic carbocycles. The van der Waals surface area contributed by atoms with Crippen molar-refractivity contribution in [1.82, 2.24) is 4.90 Å². The van der Waals surface area contributed by atoms with Gasteiger partial charge in [0.2, 0.25) is 0 Å². The predicted molar refractivity (Wildman–Crippen MR) is 67.4 cm³/mol. The van der Waals surface area contributed by atoms with Gasteiger partial charge in [0.1, 0.15) is 5.60 Å². The third kappa shape index (κ3) is 5.38. The second-order valence-corrected chi connectivity index (χ2v) is 5.87. The number of hydrogen-bond donors (Lipinski definition) is 1. The summed E-state index contributed by atoms with van der Waals surface area (Å²) >= 11 is 0. The van der Waals surface area contributed by atoms with Crippen LogP contribution in [0.1, 0.15) is 46.5 Å². The maximum absolute atomic E-state index is 11.8. The lowest BCUT2D eigenvalue weighted by Gasteiger charge is -2.24. The van der Waals surface area contributed by atoms with E-state index >= 15 is 0 Å². The van der Waals surface area contributed by atoms with E-state index in [2.05, 4.69) is 0 Å². The van der Waals surface area contributed by atoms with Gasteiger partial charge >= 0.3 is 12.1 Å². The SMILES string of the molecule is CC(C)(C)OC(=O)N1CCC(CCCC(=O)O)C1. The summed E-state index contributed by atoms with van der Waals surface area (Å²) in [5.41, 5.74) is -0.460. The minimum absolute atomic E-state index is 0.211. The summed E-state index contributed by atoms with van der Waals surface area (Å²) in [6.45, 7) is 6.96. The van der Waals surface area contributed by atoms with Crippen LogP contribution in [-0.4, -0.2) is 40.8 Å². The fourth-order valence-corrected chi connectivity index (χ4v) is 2.10. The zero-order chi connectivity index (χ0) is 13.8. The number of carbonyl (C=O) groups is 2. The third-order valence-electron chi connectivity index (χ3n) is 2.94. The summed E-state index contributed by atoms with van der Waals surface area (Å²) in [6, 6.07) is 0. The molecular formula is C13H23NO4. The third-order valence-corrected chi connectivity index (χ3v) is 2.94. The molecule has 0 spiro atoms. The Labute approximate surface area is 108 Å². The number of aliphatic carboxylic acids is 1. The molecule has 0 saturated carbocycles. The summed E-state index contributed by atoms with van der Waals surface area (Å²) in [4.78, 5) is 23.9. The van der Waals surface area contributed by atoms with Crippen molar-refractivity contribution in [3.05, 3.63) is 0 Å². The van der Waals surface area contributed by atoms with Crippen LogP contribution in [-0.2, 0) is 9.53 Å². The average molecular weight is 257 g/mol. The van der Waals surface area contributed by atoms with Gasteiger partial charge in [0, 0.05) is 19.5 Å². The van der Waals surface area contributed by atoms with E-state index in [0.29, 0.717) is 25.4 Å². The van der Waals surface area contributed by atoms with E-state index in [1.165, 1.54) is 0 Å². The van der Waals surface area contributed by atoms with Crippen LogP contribution < -0.4 is 0 Å². The van der Waals surface area contributed by atoms with Crippen LogP contribution in [0.5, 0.6) is 0 Å². The molecule has 5 nitrogen and oxygen atoms in total. The molecule has 1 amide bonds. The molecule has 5 heteroatoms. The molecule has 1 heterocycles. The van der Waals surface area contributed by atoms with Crippen LogP contribution in [0.2, 0.25) is 0 Å². The average Bonchev–Trinajstić information content (AvgIpc) is 2.63. The lowest BCUT2D eigenvalue weighted by Crippen LogP contribution is -2.35. The van der Waals surface area contributed by atoms with Crippen LogP contribution >= 0.6 is 0 Å². The van der Waals surface area contributed by atoms with Crippen LogP contribution in [0.3, 0.4) is 0 Å². The van der Waals surface area contributed by atoms with Crippen LogP contribution in [0, 0.1) is 5.92 Å². The van der Waals surface area contributed by atoms with Gasteiger partial charge in [-0.1, -0.05) is 0 Å². The van der Waals surface area contributed by atoms with Crippen molar-refractivity contribution < 1.29 is 19.4 Å². The lowest BCUT2D eigenvalue weighted by atomic mass is 10.0. The summed E-state index contributed by atoms with van der Waals surface area (Å²) in [6.07, 6.45) is 2.44. The minimum atomic E-state index is -0.753. The fraction of sp³-hybridized carbons (Fsp3) is 0.846. The predicted octanol–water partition coefficient (Wildman–Crippen LogP) is 2.50. The van der Waals surface area contributed by atoms with E-state index in [1.807, 2.05) is 20.8 Å². The highest BCUT2D eigenvalue weighted by Crippen LogP contribution is 2.23. The number of carboxylic acid groups (broad SMARTS) is 1. The Balaban J connectivity index is 2.28. The molecule has 0 radical (unpaired) electrons. The Morgan fingerprint density at radius 2 is 2.06 bits per heavy atom. The van der Waals surface area contributed by atoms with Crippen LogP contribution in [0.4, 0.5) is 4.79 Å². The topological polar surface area (TPSA) is 66.8 Å². The quantitative estimate of drug-likeness (QED) is 0.840. The fourth-order valence-electron chi connectivity index (χ4n) is 2.10. The standard InChI is InChI=1S/C13H23NO4/c1-13(2,3)18-12(17)14-8-7-10(9-14)5-4-6-11(15)16/h10H,4-9H2,1-3H3,(H,15,16). The Hall–Kier alpha value is -1.26. The molecule has 18 heavy (non-hydrogen) atoms. The van der Waals surface area contributed by atoms with Crippen molar-refractivity contribution in [3.63, 3.8) is 0 Å². The highest BCUT2D eigenvalue weighted by Gasteiger charge is 2.29. The highest BCUT2D eigenvalue weighted by atomic mass is 16.6. The number of carboxylic acids is 1. The molecule has 1 N–H and O–H groups in total. The molecule has 1 fully saturated rings. The van der Waals surface area contributed by atoms with Crippen molar-refractivity contribution in [1.29, 1.82) is 0 Å². The van der Waals surface area contributed by atoms with Gasteiger partial charge in [-0.05, 0) is 46.0 Å². The van der Waals surface area contributed by atoms with Gasteiger partial charge in [-0.2, -0.15) is 0 Å². The van der Waals surface area contributed by atoms with E-state index in [0.717, 1.165) is 12.8 Å². The second-order valence-electron chi connectivity index (χ2n) is 5.87. The second kappa shape index (κ2) is 6.07. The number of ether oxygens (including phenoxy) is 1. The van der Waals surface area contributed by atoms with E-state index in [-0.39, 0.29) is 12.5 Å². The zero-order valence-corrected chi connectivity index (χ0v) is 11.4. The maximum Gasteiger partial charge on any atom is 0.410 e. The van der Waals surface area contributed by atoms with Gasteiger partial charge in [0.05, 0.1) is 0 Å². The van der Waals surface area contributed by atoms with Crippen LogP contribution in [0.15, 0.2) is 0 Å². The van der Waals surface area contributed by atoms with Crippen molar-refractivity contribution in [2.45, 2.75) is 52.1 Å². The molecule has 0 aliphatic carbocycles. The summed E-state index contributed by atoms with van der Waals surface area (Å²) in [5, 5.41) is 8.57. The van der Waals surface area contributed by atoms with Gasteiger partial charge in [0.15, 0.2) is 0 Å². The lowest BCUT2D eigenvalue weighted by molar-refractivity contribution is -0.137. The largest absolute Gasteiger partial charge is 0.481 e. The number of rotatable bonds is 4. The maximum atomic E-state index is 11.8. The molecule has 1 atom stereocenters. The van der Waals surface area contributed by atoms with Crippen molar-refractivity contribution in [2.75, 3.05) is 13.1 Å². The van der Waals surface area contributed by atoms with Crippen molar-refractivity contribution in [2.24, 2.45) is 5.92 Å². The zero-order valence-electron chi connectivity index (χ0n) is 11.4. The number of likely N-dealkylation sites (tertiary alicyclic amines) is 1. The van der Waals surface area contributed by atoms with Gasteiger partial charge in [-0.3, -0.25) is 4.79 Å². The molecule has 104 valence electrons. The normalized spacial score (nSPS) is 19.9. The van der Waals surface area contributed by atoms with Gasteiger partial charge in [-0.15, -0.1) is 0 Å². The number of carbonyl (C=O) groups excluding carboxylic acids is 1. The Morgan fingerprint density at radius 1 is 1.39 bits per heavy atom. The molecule has 1 saturated heterocycles. The smallest absolute Gasteiger partial charge is 0.410 e. The first-order valence-electron chi connectivity index (χ1n) is 6.47.